The number of para-hydroxylation sites is 2. The monoisotopic (exact) mass is 537 g/mol. The Bertz CT molecular complexity index is 1600. The van der Waals surface area contributed by atoms with Crippen LogP contribution in [-0.2, 0) is 20.7 Å². The number of fused-ring (bicyclic) bond motifs is 2. The van der Waals surface area contributed by atoms with Crippen molar-refractivity contribution in [1.29, 1.82) is 0 Å². The minimum atomic E-state index is -0.708. The van der Waals surface area contributed by atoms with E-state index in [9.17, 15) is 9.59 Å². The number of carbonyl (C=O) groups is 2. The van der Waals surface area contributed by atoms with Crippen LogP contribution in [-0.4, -0.2) is 22.2 Å². The van der Waals surface area contributed by atoms with Crippen LogP contribution in [0.4, 0.5) is 4.79 Å². The summed E-state index contributed by atoms with van der Waals surface area (Å²) in [6, 6.07) is 25.2. The normalized spacial score (nSPS) is 15.4. The standard InChI is InChI=1S/C34H35NO5/c1-33(2,3)31(36)39-30-25-17-11-13-19-28(25)38-29(22-14-8-7-9-15-22)26(30)20-23-21-35(32(37)40-34(4,5)6)27-18-12-10-16-24(23)27/h7-19,21,29H,20H2,1-6H3/t29-/m1/s1. The van der Waals surface area contributed by atoms with Crippen LogP contribution in [0.5, 0.6) is 5.75 Å². The lowest BCUT2D eigenvalue weighted by Gasteiger charge is -2.32. The Morgan fingerprint density at radius 1 is 0.850 bits per heavy atom. The van der Waals surface area contributed by atoms with E-state index in [4.69, 9.17) is 14.2 Å². The Morgan fingerprint density at radius 3 is 2.20 bits per heavy atom. The molecule has 1 aliphatic heterocycles. The molecule has 0 spiro atoms. The molecule has 0 aliphatic carbocycles. The van der Waals surface area contributed by atoms with Crippen LogP contribution >= 0.6 is 0 Å². The van der Waals surface area contributed by atoms with Gasteiger partial charge in [-0.3, -0.25) is 9.36 Å². The van der Waals surface area contributed by atoms with Crippen molar-refractivity contribution in [3.05, 3.63) is 107 Å². The van der Waals surface area contributed by atoms with Gasteiger partial charge in [0.1, 0.15) is 23.2 Å². The second-order valence-electron chi connectivity index (χ2n) is 12.1. The van der Waals surface area contributed by atoms with Gasteiger partial charge in [-0.25, -0.2) is 4.79 Å². The Hall–Kier alpha value is -4.32. The number of aromatic nitrogens is 1. The lowest BCUT2D eigenvalue weighted by atomic mass is 9.89. The quantitative estimate of drug-likeness (QED) is 0.246. The van der Waals surface area contributed by atoms with E-state index in [0.29, 0.717) is 17.9 Å². The van der Waals surface area contributed by atoms with Gasteiger partial charge >= 0.3 is 12.1 Å². The number of nitrogens with zero attached hydrogens (tertiary/aromatic N) is 1. The van der Waals surface area contributed by atoms with Crippen molar-refractivity contribution < 1.29 is 23.8 Å². The molecule has 1 aliphatic rings. The zero-order valence-corrected chi connectivity index (χ0v) is 23.9. The highest BCUT2D eigenvalue weighted by Gasteiger charge is 2.35. The number of hydrogen-bond acceptors (Lipinski definition) is 5. The zero-order chi connectivity index (χ0) is 28.7. The van der Waals surface area contributed by atoms with E-state index in [2.05, 4.69) is 0 Å². The minimum absolute atomic E-state index is 0.334. The van der Waals surface area contributed by atoms with Gasteiger partial charge in [0, 0.05) is 23.6 Å². The lowest BCUT2D eigenvalue weighted by molar-refractivity contribution is -0.145. The summed E-state index contributed by atoms with van der Waals surface area (Å²) in [5, 5.41) is 0.910. The fourth-order valence-electron chi connectivity index (χ4n) is 4.74. The first kappa shape index (κ1) is 27.3. The average molecular weight is 538 g/mol. The maximum Gasteiger partial charge on any atom is 0.419 e. The molecule has 0 radical (unpaired) electrons. The van der Waals surface area contributed by atoms with Gasteiger partial charge in [0.15, 0.2) is 0 Å². The molecule has 6 heteroatoms. The molecule has 0 fully saturated rings. The predicted octanol–water partition coefficient (Wildman–Crippen LogP) is 8.10. The molecular weight excluding hydrogens is 502 g/mol. The van der Waals surface area contributed by atoms with Crippen molar-refractivity contribution in [1.82, 2.24) is 4.57 Å². The average Bonchev–Trinajstić information content (AvgIpc) is 3.27. The van der Waals surface area contributed by atoms with Gasteiger partial charge in [-0.1, -0.05) is 60.7 Å². The van der Waals surface area contributed by atoms with Crippen molar-refractivity contribution >= 4 is 28.7 Å². The van der Waals surface area contributed by atoms with Gasteiger partial charge in [-0.05, 0) is 70.9 Å². The number of ether oxygens (including phenoxy) is 3. The molecule has 3 aromatic carbocycles. The van der Waals surface area contributed by atoms with E-state index < -0.39 is 23.2 Å². The minimum Gasteiger partial charge on any atom is -0.480 e. The first-order chi connectivity index (χ1) is 18.9. The van der Waals surface area contributed by atoms with Gasteiger partial charge in [-0.15, -0.1) is 0 Å². The third-order valence-electron chi connectivity index (χ3n) is 6.66. The molecule has 5 rings (SSSR count). The van der Waals surface area contributed by atoms with Crippen LogP contribution in [0.25, 0.3) is 16.7 Å². The molecular formula is C34H35NO5. The van der Waals surface area contributed by atoms with E-state index in [1.54, 1.807) is 4.57 Å². The van der Waals surface area contributed by atoms with E-state index >= 15 is 0 Å². The molecule has 206 valence electrons. The summed E-state index contributed by atoms with van der Waals surface area (Å²) in [5.74, 6) is 0.803. The van der Waals surface area contributed by atoms with Crippen molar-refractivity contribution in [2.75, 3.05) is 0 Å². The number of benzene rings is 3. The summed E-state index contributed by atoms with van der Waals surface area (Å²) >= 11 is 0. The lowest BCUT2D eigenvalue weighted by Crippen LogP contribution is -2.27. The van der Waals surface area contributed by atoms with Crippen molar-refractivity contribution in [2.45, 2.75) is 59.7 Å². The first-order valence-electron chi connectivity index (χ1n) is 13.5. The van der Waals surface area contributed by atoms with Crippen LogP contribution < -0.4 is 4.74 Å². The molecule has 6 nitrogen and oxygen atoms in total. The molecule has 1 atom stereocenters. The van der Waals surface area contributed by atoms with Crippen LogP contribution in [0.1, 0.15) is 64.3 Å². The number of esters is 1. The molecule has 0 bridgehead atoms. The number of hydrogen-bond donors (Lipinski definition) is 0. The Balaban J connectivity index is 1.70. The van der Waals surface area contributed by atoms with E-state index in [-0.39, 0.29) is 5.97 Å². The van der Waals surface area contributed by atoms with E-state index in [0.717, 1.165) is 33.2 Å². The van der Waals surface area contributed by atoms with Crippen LogP contribution in [0.2, 0.25) is 0 Å². The summed E-state index contributed by atoms with van der Waals surface area (Å²) in [6.45, 7) is 11.1. The fourth-order valence-corrected chi connectivity index (χ4v) is 4.74. The van der Waals surface area contributed by atoms with Crippen LogP contribution in [0.3, 0.4) is 0 Å². The van der Waals surface area contributed by atoms with Crippen molar-refractivity contribution in [2.24, 2.45) is 5.41 Å². The fraction of sp³-hybridized carbons (Fsp3) is 0.294. The molecule has 0 unspecified atom stereocenters. The van der Waals surface area contributed by atoms with Crippen molar-refractivity contribution in [3.63, 3.8) is 0 Å². The zero-order valence-electron chi connectivity index (χ0n) is 23.9. The Labute approximate surface area is 235 Å². The second kappa shape index (κ2) is 10.3. The summed E-state index contributed by atoms with van der Waals surface area (Å²) in [5.41, 5.74) is 2.75. The highest BCUT2D eigenvalue weighted by molar-refractivity contribution is 5.93. The maximum atomic E-state index is 13.3. The Morgan fingerprint density at radius 2 is 1.50 bits per heavy atom. The van der Waals surface area contributed by atoms with E-state index in [1.165, 1.54) is 0 Å². The SMILES string of the molecule is CC(C)(C)OC(=O)n1cc(CC2=C(OC(=O)C(C)(C)C)c3ccccc3O[C@@H]2c2ccccc2)c2ccccc21. The molecule has 2 heterocycles. The van der Waals surface area contributed by atoms with Crippen LogP contribution in [0, 0.1) is 5.41 Å². The molecule has 0 amide bonds. The topological polar surface area (TPSA) is 66.8 Å². The van der Waals surface area contributed by atoms with Gasteiger partial charge < -0.3 is 14.2 Å². The van der Waals surface area contributed by atoms with Gasteiger partial charge in [-0.2, -0.15) is 0 Å². The molecule has 4 aromatic rings. The van der Waals surface area contributed by atoms with Crippen molar-refractivity contribution in [3.8, 4) is 5.75 Å². The first-order valence-corrected chi connectivity index (χ1v) is 13.5. The summed E-state index contributed by atoms with van der Waals surface area (Å²) in [6.07, 6.45) is 1.25. The van der Waals surface area contributed by atoms with Gasteiger partial charge in [0.25, 0.3) is 0 Å². The highest BCUT2D eigenvalue weighted by atomic mass is 16.6. The third-order valence-corrected chi connectivity index (χ3v) is 6.66. The highest BCUT2D eigenvalue weighted by Crippen LogP contribution is 2.45. The molecule has 0 saturated heterocycles. The number of carbonyl (C=O) groups excluding carboxylic acids is 2. The molecule has 0 saturated carbocycles. The Kier molecular flexibility index (Phi) is 7.05. The third kappa shape index (κ3) is 5.53. The molecule has 40 heavy (non-hydrogen) atoms. The smallest absolute Gasteiger partial charge is 0.419 e. The largest absolute Gasteiger partial charge is 0.480 e. The second-order valence-corrected chi connectivity index (χ2v) is 12.1. The summed E-state index contributed by atoms with van der Waals surface area (Å²) in [4.78, 5) is 26.4. The van der Waals surface area contributed by atoms with Gasteiger partial charge in [0.05, 0.1) is 16.5 Å². The van der Waals surface area contributed by atoms with E-state index in [1.807, 2.05) is 127 Å². The van der Waals surface area contributed by atoms with Crippen LogP contribution in [0.15, 0.2) is 90.6 Å². The number of rotatable bonds is 4. The maximum absolute atomic E-state index is 13.3. The summed E-state index contributed by atoms with van der Waals surface area (Å²) in [7, 11) is 0. The van der Waals surface area contributed by atoms with Gasteiger partial charge in [0.2, 0.25) is 0 Å². The molecule has 1 aromatic heterocycles. The predicted molar refractivity (Wildman–Crippen MR) is 156 cm³/mol. The summed E-state index contributed by atoms with van der Waals surface area (Å²) < 4.78 is 20.0. The molecule has 0 N–H and O–H groups in total.